The zero-order chi connectivity index (χ0) is 16.4. The quantitative estimate of drug-likeness (QED) is 0.459. The van der Waals surface area contributed by atoms with Gasteiger partial charge in [-0.05, 0) is 49.2 Å². The molecule has 0 spiro atoms. The number of thiocarbonyl (C=S) groups is 1. The van der Waals surface area contributed by atoms with Gasteiger partial charge in [-0.15, -0.1) is 0 Å². The summed E-state index contributed by atoms with van der Waals surface area (Å²) >= 11 is 6.97. The zero-order valence-electron chi connectivity index (χ0n) is 12.8. The number of nitrogens with one attached hydrogen (secondary N) is 2. The van der Waals surface area contributed by atoms with Crippen molar-refractivity contribution < 1.29 is 0 Å². The van der Waals surface area contributed by atoms with Crippen molar-refractivity contribution in [3.8, 4) is 6.07 Å². The number of hydrogen-bond acceptors (Lipinski definition) is 4. The lowest BCUT2D eigenvalue weighted by molar-refractivity contribution is 1.34. The van der Waals surface area contributed by atoms with E-state index < -0.39 is 0 Å². The van der Waals surface area contributed by atoms with Gasteiger partial charge in [-0.3, -0.25) is 0 Å². The van der Waals surface area contributed by atoms with E-state index in [-0.39, 0.29) is 0 Å². The lowest BCUT2D eigenvalue weighted by Crippen LogP contribution is -2.14. The van der Waals surface area contributed by atoms with Crippen LogP contribution in [0.2, 0.25) is 0 Å². The van der Waals surface area contributed by atoms with Gasteiger partial charge in [0.2, 0.25) is 0 Å². The summed E-state index contributed by atoms with van der Waals surface area (Å²) in [5.41, 5.74) is 4.77. The predicted octanol–water partition coefficient (Wildman–Crippen LogP) is 5.00. The molecule has 2 N–H and O–H groups in total. The van der Waals surface area contributed by atoms with Crippen LogP contribution in [-0.2, 0) is 0 Å². The molecular formula is C18H15N3S2. The maximum absolute atomic E-state index is 9.52. The van der Waals surface area contributed by atoms with Gasteiger partial charge in [0.1, 0.15) is 16.6 Å². The Labute approximate surface area is 145 Å². The summed E-state index contributed by atoms with van der Waals surface area (Å²) in [5.74, 6) is 0. The highest BCUT2D eigenvalue weighted by molar-refractivity contribution is 8.03. The van der Waals surface area contributed by atoms with Crippen molar-refractivity contribution >= 4 is 40.3 Å². The number of hydrogen-bond donors (Lipinski definition) is 2. The van der Waals surface area contributed by atoms with Gasteiger partial charge >= 0.3 is 0 Å². The number of aryl methyl sites for hydroxylation is 2. The molecule has 2 aromatic carbocycles. The third-order valence-electron chi connectivity index (χ3n) is 3.68. The lowest BCUT2D eigenvalue weighted by atomic mass is 10.1. The molecule has 0 aliphatic carbocycles. The minimum Gasteiger partial charge on any atom is -0.348 e. The molecule has 114 valence electrons. The SMILES string of the molecule is Cc1ccc(NC(=S)/C(C#N)=C2/Nc3ccccc3S2)cc1C. The van der Waals surface area contributed by atoms with Gasteiger partial charge in [0.25, 0.3) is 0 Å². The smallest absolute Gasteiger partial charge is 0.124 e. The van der Waals surface area contributed by atoms with Crippen molar-refractivity contribution in [3.05, 3.63) is 64.2 Å². The van der Waals surface area contributed by atoms with E-state index in [4.69, 9.17) is 12.2 Å². The number of fused-ring (bicyclic) bond motifs is 1. The van der Waals surface area contributed by atoms with Crippen LogP contribution in [0.4, 0.5) is 11.4 Å². The summed E-state index contributed by atoms with van der Waals surface area (Å²) in [7, 11) is 0. The van der Waals surface area contributed by atoms with E-state index in [9.17, 15) is 5.26 Å². The molecule has 1 aliphatic heterocycles. The van der Waals surface area contributed by atoms with Gasteiger partial charge in [-0.1, -0.05) is 42.2 Å². The second-order valence-corrected chi connectivity index (χ2v) is 6.75. The molecule has 0 unspecified atom stereocenters. The second kappa shape index (κ2) is 6.45. The van der Waals surface area contributed by atoms with Gasteiger partial charge in [0.15, 0.2) is 0 Å². The fourth-order valence-corrected chi connectivity index (χ4v) is 3.58. The first-order valence-electron chi connectivity index (χ1n) is 7.15. The summed E-state index contributed by atoms with van der Waals surface area (Å²) < 4.78 is 0. The van der Waals surface area contributed by atoms with Gasteiger partial charge in [-0.25, -0.2) is 0 Å². The minimum atomic E-state index is 0.429. The maximum Gasteiger partial charge on any atom is 0.124 e. The standard InChI is InChI=1S/C18H15N3S2/c1-11-7-8-13(9-12(11)2)20-17(22)14(10-19)18-21-15-5-3-4-6-16(15)23-18/h3-9,21H,1-2H3,(H,20,22)/b18-14-. The summed E-state index contributed by atoms with van der Waals surface area (Å²) in [5, 5.41) is 16.7. The van der Waals surface area contributed by atoms with Crippen LogP contribution in [0, 0.1) is 25.2 Å². The lowest BCUT2D eigenvalue weighted by Gasteiger charge is -2.10. The van der Waals surface area contributed by atoms with Gasteiger partial charge in [0, 0.05) is 10.6 Å². The molecule has 5 heteroatoms. The molecule has 0 saturated heterocycles. The van der Waals surface area contributed by atoms with Crippen LogP contribution in [-0.4, -0.2) is 4.99 Å². The first kappa shape index (κ1) is 15.6. The summed E-state index contributed by atoms with van der Waals surface area (Å²) in [6, 6.07) is 16.2. The Morgan fingerprint density at radius 1 is 1.17 bits per heavy atom. The van der Waals surface area contributed by atoms with Crippen LogP contribution in [0.1, 0.15) is 11.1 Å². The summed E-state index contributed by atoms with van der Waals surface area (Å²) in [4.78, 5) is 1.53. The van der Waals surface area contributed by atoms with E-state index in [1.807, 2.05) is 42.5 Å². The molecule has 1 heterocycles. The number of para-hydroxylation sites is 1. The Morgan fingerprint density at radius 3 is 2.65 bits per heavy atom. The summed E-state index contributed by atoms with van der Waals surface area (Å²) in [6.45, 7) is 4.12. The molecule has 3 rings (SSSR count). The molecule has 0 aromatic heterocycles. The van der Waals surface area contributed by atoms with E-state index in [0.29, 0.717) is 10.6 Å². The average molecular weight is 337 g/mol. The topological polar surface area (TPSA) is 47.9 Å². The molecule has 0 atom stereocenters. The first-order chi connectivity index (χ1) is 11.1. The number of nitriles is 1. The molecule has 2 aromatic rings. The van der Waals surface area contributed by atoms with Crippen molar-refractivity contribution in [2.24, 2.45) is 0 Å². The molecular weight excluding hydrogens is 322 g/mol. The van der Waals surface area contributed by atoms with E-state index in [1.54, 1.807) is 0 Å². The molecule has 0 amide bonds. The molecule has 1 aliphatic rings. The van der Waals surface area contributed by atoms with Crippen molar-refractivity contribution in [1.29, 1.82) is 5.26 Å². The minimum absolute atomic E-state index is 0.429. The third-order valence-corrected chi connectivity index (χ3v) is 5.07. The monoisotopic (exact) mass is 337 g/mol. The van der Waals surface area contributed by atoms with Crippen molar-refractivity contribution in [2.75, 3.05) is 10.6 Å². The highest BCUT2D eigenvalue weighted by Crippen LogP contribution is 2.42. The second-order valence-electron chi connectivity index (χ2n) is 5.29. The van der Waals surface area contributed by atoms with Crippen LogP contribution in [0.25, 0.3) is 0 Å². The van der Waals surface area contributed by atoms with Crippen LogP contribution in [0.15, 0.2) is 58.0 Å². The van der Waals surface area contributed by atoms with E-state index in [2.05, 4.69) is 30.6 Å². The molecule has 23 heavy (non-hydrogen) atoms. The fourth-order valence-electron chi connectivity index (χ4n) is 2.25. The van der Waals surface area contributed by atoms with Crippen molar-refractivity contribution in [2.45, 2.75) is 18.7 Å². The van der Waals surface area contributed by atoms with Crippen molar-refractivity contribution in [3.63, 3.8) is 0 Å². The normalized spacial score (nSPS) is 14.5. The van der Waals surface area contributed by atoms with Crippen molar-refractivity contribution in [1.82, 2.24) is 0 Å². The molecule has 0 fully saturated rings. The first-order valence-corrected chi connectivity index (χ1v) is 8.38. The van der Waals surface area contributed by atoms with Crippen LogP contribution in [0.5, 0.6) is 0 Å². The number of rotatable bonds is 2. The molecule has 0 saturated carbocycles. The fraction of sp³-hybridized carbons (Fsp3) is 0.111. The number of nitrogens with zero attached hydrogens (tertiary/aromatic N) is 1. The highest BCUT2D eigenvalue weighted by atomic mass is 32.2. The largest absolute Gasteiger partial charge is 0.348 e. The maximum atomic E-state index is 9.52. The van der Waals surface area contributed by atoms with E-state index in [0.717, 1.165) is 21.3 Å². The van der Waals surface area contributed by atoms with E-state index in [1.165, 1.54) is 22.9 Å². The van der Waals surface area contributed by atoms with E-state index >= 15 is 0 Å². The Balaban J connectivity index is 1.84. The zero-order valence-corrected chi connectivity index (χ0v) is 14.4. The van der Waals surface area contributed by atoms with Crippen LogP contribution in [0.3, 0.4) is 0 Å². The van der Waals surface area contributed by atoms with Crippen LogP contribution >= 0.6 is 24.0 Å². The third kappa shape index (κ3) is 3.24. The van der Waals surface area contributed by atoms with Gasteiger partial charge < -0.3 is 10.6 Å². The Kier molecular flexibility index (Phi) is 4.37. The number of benzene rings is 2. The Hall–Kier alpha value is -2.29. The van der Waals surface area contributed by atoms with Crippen LogP contribution < -0.4 is 10.6 Å². The molecule has 0 radical (unpaired) electrons. The number of thioether (sulfide) groups is 1. The predicted molar refractivity (Wildman–Crippen MR) is 101 cm³/mol. The Morgan fingerprint density at radius 2 is 1.96 bits per heavy atom. The van der Waals surface area contributed by atoms with Gasteiger partial charge in [-0.2, -0.15) is 5.26 Å². The number of anilines is 2. The average Bonchev–Trinajstić information content (AvgIpc) is 2.95. The Bertz CT molecular complexity index is 836. The molecule has 0 bridgehead atoms. The summed E-state index contributed by atoms with van der Waals surface area (Å²) in [6.07, 6.45) is 0. The highest BCUT2D eigenvalue weighted by Gasteiger charge is 2.21. The van der Waals surface area contributed by atoms with Gasteiger partial charge in [0.05, 0.1) is 10.7 Å². The molecule has 3 nitrogen and oxygen atoms in total.